The molecule has 0 bridgehead atoms. The zero-order valence-corrected chi connectivity index (χ0v) is 22.5. The summed E-state index contributed by atoms with van der Waals surface area (Å²) in [7, 11) is 0. The van der Waals surface area contributed by atoms with Crippen LogP contribution in [0.15, 0.2) is 114 Å². The summed E-state index contributed by atoms with van der Waals surface area (Å²) in [5.74, 6) is 0.460. The molecule has 4 aliphatic rings. The number of aryl methyl sites for hydroxylation is 1. The van der Waals surface area contributed by atoms with Gasteiger partial charge >= 0.3 is 0 Å². The van der Waals surface area contributed by atoms with Gasteiger partial charge in [0.05, 0.1) is 21.8 Å². The summed E-state index contributed by atoms with van der Waals surface area (Å²) in [4.78, 5) is 1.59. The Kier molecular flexibility index (Phi) is 4.65. The zero-order chi connectivity index (χ0) is 25.5. The fraction of sp³-hybridized carbons (Fsp3) is 0.167. The van der Waals surface area contributed by atoms with Gasteiger partial charge in [-0.25, -0.2) is 0 Å². The first-order chi connectivity index (χ1) is 19.4. The second-order valence-corrected chi connectivity index (χ2v) is 12.3. The van der Waals surface area contributed by atoms with Crippen LogP contribution in [0.3, 0.4) is 0 Å². The molecule has 3 aliphatic carbocycles. The highest BCUT2D eigenvalue weighted by atomic mass is 32.2. The SMILES string of the molecule is C1=CC2C3=C(CCC=C3)SC2C(n2c3ccccc3c3cc(-n4c5c(c6ccccc64)CCC=C5)ccc32)=C1. The van der Waals surface area contributed by atoms with Gasteiger partial charge in [-0.2, -0.15) is 0 Å². The van der Waals surface area contributed by atoms with E-state index in [-0.39, 0.29) is 0 Å². The molecular weight excluding hydrogens is 492 g/mol. The highest BCUT2D eigenvalue weighted by Crippen LogP contribution is 2.53. The molecule has 2 aromatic heterocycles. The molecule has 0 saturated carbocycles. The van der Waals surface area contributed by atoms with Gasteiger partial charge in [0.1, 0.15) is 0 Å². The van der Waals surface area contributed by atoms with Gasteiger partial charge in [-0.3, -0.25) is 0 Å². The first-order valence-corrected chi connectivity index (χ1v) is 15.0. The van der Waals surface area contributed by atoms with Crippen LogP contribution < -0.4 is 0 Å². The second-order valence-electron chi connectivity index (χ2n) is 11.1. The number of nitrogens with zero attached hydrogens (tertiary/aromatic N) is 2. The second kappa shape index (κ2) is 8.27. The lowest BCUT2D eigenvalue weighted by molar-refractivity contribution is 0.796. The molecule has 3 heterocycles. The van der Waals surface area contributed by atoms with Gasteiger partial charge in [0.2, 0.25) is 0 Å². The number of fused-ring (bicyclic) bond motifs is 8. The Labute approximate surface area is 232 Å². The minimum absolute atomic E-state index is 0.423. The van der Waals surface area contributed by atoms with E-state index in [0.29, 0.717) is 11.2 Å². The quantitative estimate of drug-likeness (QED) is 0.225. The molecule has 2 atom stereocenters. The average Bonchev–Trinajstić information content (AvgIpc) is 3.65. The van der Waals surface area contributed by atoms with Crippen molar-refractivity contribution in [2.45, 2.75) is 30.9 Å². The van der Waals surface area contributed by atoms with Crippen molar-refractivity contribution in [3.05, 3.63) is 125 Å². The molecule has 1 aliphatic heterocycles. The Balaban J connectivity index is 1.26. The van der Waals surface area contributed by atoms with Gasteiger partial charge in [0.15, 0.2) is 0 Å². The molecule has 9 rings (SSSR count). The maximum absolute atomic E-state index is 2.55. The van der Waals surface area contributed by atoms with Gasteiger partial charge in [-0.05, 0) is 84.2 Å². The monoisotopic (exact) mass is 520 g/mol. The Bertz CT molecular complexity index is 2000. The number of benzene rings is 3. The molecule has 0 N–H and O–H groups in total. The van der Waals surface area contributed by atoms with Crippen molar-refractivity contribution in [1.82, 2.24) is 9.13 Å². The van der Waals surface area contributed by atoms with E-state index in [9.17, 15) is 0 Å². The lowest BCUT2D eigenvalue weighted by atomic mass is 9.87. The number of allylic oxidation sites excluding steroid dienone is 8. The number of thioether (sulfide) groups is 1. The van der Waals surface area contributed by atoms with Crippen molar-refractivity contribution in [1.29, 1.82) is 0 Å². The van der Waals surface area contributed by atoms with E-state index >= 15 is 0 Å². The molecule has 3 heteroatoms. The Morgan fingerprint density at radius 2 is 1.49 bits per heavy atom. The highest BCUT2D eigenvalue weighted by Gasteiger charge is 2.38. The number of para-hydroxylation sites is 2. The summed E-state index contributed by atoms with van der Waals surface area (Å²) in [6, 6.07) is 25.0. The lowest BCUT2D eigenvalue weighted by Gasteiger charge is -2.26. The number of aromatic nitrogens is 2. The van der Waals surface area contributed by atoms with E-state index in [2.05, 4.69) is 130 Å². The highest BCUT2D eigenvalue weighted by molar-refractivity contribution is 8.04. The van der Waals surface area contributed by atoms with E-state index < -0.39 is 0 Å². The van der Waals surface area contributed by atoms with Crippen molar-refractivity contribution >= 4 is 56.2 Å². The Morgan fingerprint density at radius 3 is 2.41 bits per heavy atom. The third-order valence-corrected chi connectivity index (χ3v) is 10.5. The summed E-state index contributed by atoms with van der Waals surface area (Å²) < 4.78 is 5.02. The standard InChI is InChI=1S/C36H28N2S/c1-5-15-30-24(10-1)25-11-2-6-16-31(25)37(30)23-20-21-33-29(22-23)26-12-3-7-17-32(26)38(33)34-18-9-14-28-27-13-4-8-19-35(27)39-36(28)34/h1,3-7,9-10,12-18,20-22,28,36H,2,8,11,19H2. The largest absolute Gasteiger partial charge is 0.312 e. The van der Waals surface area contributed by atoms with Crippen LogP contribution in [0.2, 0.25) is 0 Å². The first kappa shape index (κ1) is 21.9. The van der Waals surface area contributed by atoms with E-state index in [1.54, 1.807) is 10.5 Å². The molecular formula is C36H28N2S. The number of rotatable bonds is 2. The van der Waals surface area contributed by atoms with Crippen LogP contribution in [-0.2, 0) is 6.42 Å². The van der Waals surface area contributed by atoms with Crippen LogP contribution >= 0.6 is 11.8 Å². The molecule has 188 valence electrons. The molecule has 0 spiro atoms. The number of hydrogen-bond donors (Lipinski definition) is 0. The molecule has 0 fully saturated rings. The summed E-state index contributed by atoms with van der Waals surface area (Å²) >= 11 is 2.10. The van der Waals surface area contributed by atoms with Gasteiger partial charge in [0.25, 0.3) is 0 Å². The van der Waals surface area contributed by atoms with E-state index in [1.807, 2.05) is 0 Å². The van der Waals surface area contributed by atoms with Crippen molar-refractivity contribution in [2.75, 3.05) is 0 Å². The topological polar surface area (TPSA) is 9.86 Å². The number of hydrogen-bond acceptors (Lipinski definition) is 1. The molecule has 2 nitrogen and oxygen atoms in total. The van der Waals surface area contributed by atoms with E-state index in [0.717, 1.165) is 12.8 Å². The predicted molar refractivity (Wildman–Crippen MR) is 167 cm³/mol. The fourth-order valence-corrected chi connectivity index (χ4v) is 8.91. The molecule has 3 aromatic carbocycles. The molecule has 0 saturated heterocycles. The minimum atomic E-state index is 0.423. The van der Waals surface area contributed by atoms with Gasteiger partial charge < -0.3 is 9.13 Å². The predicted octanol–water partition coefficient (Wildman–Crippen LogP) is 9.44. The van der Waals surface area contributed by atoms with Crippen LogP contribution in [0.5, 0.6) is 0 Å². The molecule has 2 unspecified atom stereocenters. The van der Waals surface area contributed by atoms with Crippen LogP contribution in [-0.4, -0.2) is 14.4 Å². The van der Waals surface area contributed by atoms with Crippen molar-refractivity contribution in [3.63, 3.8) is 0 Å². The van der Waals surface area contributed by atoms with Crippen molar-refractivity contribution in [3.8, 4) is 5.69 Å². The Morgan fingerprint density at radius 1 is 0.718 bits per heavy atom. The van der Waals surface area contributed by atoms with E-state index in [4.69, 9.17) is 0 Å². The maximum atomic E-state index is 2.55. The lowest BCUT2D eigenvalue weighted by Crippen LogP contribution is -2.20. The van der Waals surface area contributed by atoms with Gasteiger partial charge in [-0.15, -0.1) is 11.8 Å². The summed E-state index contributed by atoms with van der Waals surface area (Å²) in [5, 5.41) is 4.45. The average molecular weight is 521 g/mol. The molecule has 39 heavy (non-hydrogen) atoms. The summed E-state index contributed by atoms with van der Waals surface area (Å²) in [6.07, 6.45) is 21.0. The van der Waals surface area contributed by atoms with Crippen molar-refractivity contribution < 1.29 is 0 Å². The van der Waals surface area contributed by atoms with Gasteiger partial charge in [0, 0.05) is 39.2 Å². The normalized spacial score (nSPS) is 21.6. The minimum Gasteiger partial charge on any atom is -0.312 e. The van der Waals surface area contributed by atoms with E-state index in [1.165, 1.54) is 68.2 Å². The third-order valence-electron chi connectivity index (χ3n) is 9.02. The van der Waals surface area contributed by atoms with Crippen LogP contribution in [0, 0.1) is 5.92 Å². The third kappa shape index (κ3) is 3.05. The Hall–Kier alpha value is -3.95. The molecule has 0 amide bonds. The van der Waals surface area contributed by atoms with Crippen LogP contribution in [0.1, 0.15) is 30.5 Å². The smallest absolute Gasteiger partial charge is 0.0601 e. The summed E-state index contributed by atoms with van der Waals surface area (Å²) in [6.45, 7) is 0. The summed E-state index contributed by atoms with van der Waals surface area (Å²) in [5.41, 5.74) is 10.9. The van der Waals surface area contributed by atoms with Crippen molar-refractivity contribution in [2.24, 2.45) is 5.92 Å². The maximum Gasteiger partial charge on any atom is 0.0601 e. The fourth-order valence-electron chi connectivity index (χ4n) is 7.34. The molecule has 5 aromatic rings. The molecule has 0 radical (unpaired) electrons. The van der Waals surface area contributed by atoms with Crippen LogP contribution in [0.4, 0.5) is 0 Å². The van der Waals surface area contributed by atoms with Gasteiger partial charge in [-0.1, -0.05) is 66.8 Å². The van der Waals surface area contributed by atoms with Crippen LogP contribution in [0.25, 0.3) is 50.2 Å². The first-order valence-electron chi connectivity index (χ1n) is 14.1. The zero-order valence-electron chi connectivity index (χ0n) is 21.7.